The van der Waals surface area contributed by atoms with E-state index in [9.17, 15) is 5.11 Å². The molecular weight excluding hydrogens is 172 g/mol. The number of alkyl halides is 1. The first-order valence-electron chi connectivity index (χ1n) is 3.94. The first kappa shape index (κ1) is 9.56. The summed E-state index contributed by atoms with van der Waals surface area (Å²) in [6.07, 6.45) is 0.481. The molecule has 0 saturated carbocycles. The number of aryl methyl sites for hydroxylation is 1. The van der Waals surface area contributed by atoms with E-state index in [0.717, 1.165) is 5.56 Å². The van der Waals surface area contributed by atoms with Crippen molar-refractivity contribution < 1.29 is 5.11 Å². The summed E-state index contributed by atoms with van der Waals surface area (Å²) >= 11 is 5.66. The van der Waals surface area contributed by atoms with Crippen molar-refractivity contribution in [2.45, 2.75) is 25.3 Å². The minimum absolute atomic E-state index is 0.481. The van der Waals surface area contributed by atoms with Crippen molar-refractivity contribution in [3.8, 4) is 0 Å². The van der Waals surface area contributed by atoms with Gasteiger partial charge in [-0.15, -0.1) is 0 Å². The molecule has 0 aliphatic rings. The van der Waals surface area contributed by atoms with Gasteiger partial charge in [0.05, 0.1) is 0 Å². The zero-order chi connectivity index (χ0) is 9.19. The second-order valence-corrected chi connectivity index (χ2v) is 4.12. The molecule has 0 bridgehead atoms. The number of hydrogen-bond donors (Lipinski definition) is 1. The molecule has 1 atom stereocenters. The van der Waals surface area contributed by atoms with E-state index in [2.05, 4.69) is 0 Å². The molecule has 0 aromatic heterocycles. The molecule has 2 heteroatoms. The van der Waals surface area contributed by atoms with Crippen molar-refractivity contribution in [2.75, 3.05) is 0 Å². The summed E-state index contributed by atoms with van der Waals surface area (Å²) in [5.74, 6) is 0. The van der Waals surface area contributed by atoms with Crippen LogP contribution >= 0.6 is 11.6 Å². The van der Waals surface area contributed by atoms with Gasteiger partial charge in [0.1, 0.15) is 5.06 Å². The Morgan fingerprint density at radius 2 is 1.83 bits per heavy atom. The van der Waals surface area contributed by atoms with E-state index in [1.54, 1.807) is 6.92 Å². The zero-order valence-corrected chi connectivity index (χ0v) is 8.10. The second kappa shape index (κ2) is 3.46. The van der Waals surface area contributed by atoms with Gasteiger partial charge in [0.2, 0.25) is 0 Å². The van der Waals surface area contributed by atoms with Crippen LogP contribution in [0.2, 0.25) is 0 Å². The molecular formula is C10H13ClO. The van der Waals surface area contributed by atoms with Crippen LogP contribution in [0.25, 0.3) is 0 Å². The maximum Gasteiger partial charge on any atom is 0.139 e. The normalized spacial score (nSPS) is 15.7. The van der Waals surface area contributed by atoms with Gasteiger partial charge >= 0.3 is 0 Å². The molecule has 1 aromatic carbocycles. The molecule has 0 aliphatic heterocycles. The van der Waals surface area contributed by atoms with Gasteiger partial charge < -0.3 is 5.11 Å². The fourth-order valence-corrected chi connectivity index (χ4v) is 1.23. The van der Waals surface area contributed by atoms with Crippen LogP contribution in [0.1, 0.15) is 18.1 Å². The Hall–Kier alpha value is -0.530. The lowest BCUT2D eigenvalue weighted by Gasteiger charge is -2.14. The molecule has 0 spiro atoms. The van der Waals surface area contributed by atoms with Gasteiger partial charge in [-0.2, -0.15) is 0 Å². The van der Waals surface area contributed by atoms with Gasteiger partial charge in [0.25, 0.3) is 0 Å². The SMILES string of the molecule is Cc1ccc(CC(C)(O)Cl)cc1. The van der Waals surface area contributed by atoms with Gasteiger partial charge in [0.15, 0.2) is 0 Å². The third-order valence-electron chi connectivity index (χ3n) is 1.65. The number of aliphatic hydroxyl groups is 1. The highest BCUT2D eigenvalue weighted by molar-refractivity contribution is 6.22. The van der Waals surface area contributed by atoms with Crippen LogP contribution in [-0.4, -0.2) is 10.2 Å². The molecule has 0 aliphatic carbocycles. The second-order valence-electron chi connectivity index (χ2n) is 3.30. The fourth-order valence-electron chi connectivity index (χ4n) is 1.08. The van der Waals surface area contributed by atoms with E-state index in [1.807, 2.05) is 31.2 Å². The monoisotopic (exact) mass is 184 g/mol. The molecule has 1 unspecified atom stereocenters. The van der Waals surface area contributed by atoms with Crippen LogP contribution in [0.4, 0.5) is 0 Å². The van der Waals surface area contributed by atoms with Crippen molar-refractivity contribution in [1.29, 1.82) is 0 Å². The van der Waals surface area contributed by atoms with Crippen LogP contribution in [-0.2, 0) is 6.42 Å². The predicted molar refractivity (Wildman–Crippen MR) is 51.4 cm³/mol. The quantitative estimate of drug-likeness (QED) is 0.701. The summed E-state index contributed by atoms with van der Waals surface area (Å²) < 4.78 is 0. The van der Waals surface area contributed by atoms with Crippen molar-refractivity contribution in [3.63, 3.8) is 0 Å². The molecule has 1 aromatic rings. The Kier molecular flexibility index (Phi) is 2.76. The lowest BCUT2D eigenvalue weighted by molar-refractivity contribution is 0.150. The Balaban J connectivity index is 2.71. The molecule has 66 valence electrons. The van der Waals surface area contributed by atoms with Gasteiger partial charge in [0, 0.05) is 6.42 Å². The van der Waals surface area contributed by atoms with Gasteiger partial charge in [-0.05, 0) is 19.4 Å². The smallest absolute Gasteiger partial charge is 0.139 e. The number of benzene rings is 1. The first-order chi connectivity index (χ1) is 5.47. The van der Waals surface area contributed by atoms with Crippen molar-refractivity contribution in [1.82, 2.24) is 0 Å². The standard InChI is InChI=1S/C10H13ClO/c1-8-3-5-9(6-4-8)7-10(2,11)12/h3-6,12H,7H2,1-2H3. The molecule has 0 saturated heterocycles. The molecule has 0 amide bonds. The minimum atomic E-state index is -1.13. The van der Waals surface area contributed by atoms with E-state index in [-0.39, 0.29) is 0 Å². The number of hydrogen-bond acceptors (Lipinski definition) is 1. The summed E-state index contributed by atoms with van der Waals surface area (Å²) in [5, 5.41) is 8.18. The topological polar surface area (TPSA) is 20.2 Å². The van der Waals surface area contributed by atoms with Crippen molar-refractivity contribution in [3.05, 3.63) is 35.4 Å². The Labute approximate surface area is 78.0 Å². The van der Waals surface area contributed by atoms with Crippen LogP contribution in [0.5, 0.6) is 0 Å². The third kappa shape index (κ3) is 3.24. The van der Waals surface area contributed by atoms with Crippen LogP contribution in [0, 0.1) is 6.92 Å². The molecule has 0 radical (unpaired) electrons. The van der Waals surface area contributed by atoms with E-state index in [1.165, 1.54) is 5.56 Å². The molecule has 12 heavy (non-hydrogen) atoms. The Morgan fingerprint density at radius 1 is 1.33 bits per heavy atom. The highest BCUT2D eigenvalue weighted by Crippen LogP contribution is 2.17. The van der Waals surface area contributed by atoms with Crippen molar-refractivity contribution in [2.24, 2.45) is 0 Å². The van der Waals surface area contributed by atoms with E-state index >= 15 is 0 Å². The van der Waals surface area contributed by atoms with E-state index in [0.29, 0.717) is 6.42 Å². The van der Waals surface area contributed by atoms with Crippen LogP contribution < -0.4 is 0 Å². The highest BCUT2D eigenvalue weighted by atomic mass is 35.5. The van der Waals surface area contributed by atoms with Gasteiger partial charge in [-0.3, -0.25) is 0 Å². The van der Waals surface area contributed by atoms with Gasteiger partial charge in [-0.1, -0.05) is 41.4 Å². The number of halogens is 1. The predicted octanol–water partition coefficient (Wildman–Crippen LogP) is 2.48. The summed E-state index contributed by atoms with van der Waals surface area (Å²) in [4.78, 5) is 0. The Bertz CT molecular complexity index is 246. The average molecular weight is 185 g/mol. The average Bonchev–Trinajstić information content (AvgIpc) is 1.91. The maximum absolute atomic E-state index is 9.31. The molecule has 0 heterocycles. The maximum atomic E-state index is 9.31. The van der Waals surface area contributed by atoms with Crippen LogP contribution in [0.15, 0.2) is 24.3 Å². The fraction of sp³-hybridized carbons (Fsp3) is 0.400. The van der Waals surface area contributed by atoms with Crippen molar-refractivity contribution >= 4 is 11.6 Å². The molecule has 1 rings (SSSR count). The zero-order valence-electron chi connectivity index (χ0n) is 7.34. The first-order valence-corrected chi connectivity index (χ1v) is 4.32. The summed E-state index contributed by atoms with van der Waals surface area (Å²) in [6.45, 7) is 3.62. The lowest BCUT2D eigenvalue weighted by atomic mass is 10.1. The molecule has 0 fully saturated rings. The van der Waals surface area contributed by atoms with Gasteiger partial charge in [-0.25, -0.2) is 0 Å². The Morgan fingerprint density at radius 3 is 2.25 bits per heavy atom. The third-order valence-corrected chi connectivity index (χ3v) is 1.78. The van der Waals surface area contributed by atoms with E-state index in [4.69, 9.17) is 11.6 Å². The molecule has 1 N–H and O–H groups in total. The molecule has 1 nitrogen and oxygen atoms in total. The lowest BCUT2D eigenvalue weighted by Crippen LogP contribution is -2.18. The summed E-state index contributed by atoms with van der Waals surface area (Å²) in [7, 11) is 0. The number of rotatable bonds is 2. The summed E-state index contributed by atoms with van der Waals surface area (Å²) in [6, 6.07) is 7.98. The largest absolute Gasteiger partial charge is 0.375 e. The van der Waals surface area contributed by atoms with Crippen LogP contribution in [0.3, 0.4) is 0 Å². The highest BCUT2D eigenvalue weighted by Gasteiger charge is 2.15. The minimum Gasteiger partial charge on any atom is -0.375 e. The van der Waals surface area contributed by atoms with E-state index < -0.39 is 5.06 Å². The summed E-state index contributed by atoms with van der Waals surface area (Å²) in [5.41, 5.74) is 2.27.